The quantitative estimate of drug-likeness (QED) is 0.439. The van der Waals surface area contributed by atoms with Crippen LogP contribution < -0.4 is 9.47 Å². The number of methoxy groups -OCH3 is 2. The number of aromatic nitrogens is 2. The Morgan fingerprint density at radius 3 is 1.97 bits per heavy atom. The van der Waals surface area contributed by atoms with Crippen LogP contribution in [0.2, 0.25) is 0 Å². The lowest BCUT2D eigenvalue weighted by atomic mass is 10.2. The molecule has 9 heteroatoms. The lowest BCUT2D eigenvalue weighted by Gasteiger charge is -2.22. The molecule has 0 N–H and O–H groups in total. The van der Waals surface area contributed by atoms with Crippen molar-refractivity contribution in [1.29, 1.82) is 0 Å². The highest BCUT2D eigenvalue weighted by Crippen LogP contribution is 2.23. The predicted octanol–water partition coefficient (Wildman–Crippen LogP) is 3.39. The first kappa shape index (κ1) is 24.3. The van der Waals surface area contributed by atoms with E-state index in [0.717, 1.165) is 42.0 Å². The molecule has 0 unspecified atom stereocenters. The third-order valence-corrected chi connectivity index (χ3v) is 8.01. The van der Waals surface area contributed by atoms with Crippen LogP contribution in [0.3, 0.4) is 0 Å². The summed E-state index contributed by atoms with van der Waals surface area (Å²) in [5.41, 5.74) is 1.73. The molecule has 4 rings (SSSR count). The minimum absolute atomic E-state index is 0.0650. The van der Waals surface area contributed by atoms with Crippen LogP contribution in [0.4, 0.5) is 0 Å². The number of sulfonamides is 1. The van der Waals surface area contributed by atoms with Gasteiger partial charge in [-0.05, 0) is 67.9 Å². The molecule has 34 heavy (non-hydrogen) atoms. The van der Waals surface area contributed by atoms with Crippen LogP contribution in [0.5, 0.6) is 11.5 Å². The van der Waals surface area contributed by atoms with Gasteiger partial charge in [-0.25, -0.2) is 8.42 Å². The summed E-state index contributed by atoms with van der Waals surface area (Å²) in [5, 5.41) is 4.52. The fraction of sp³-hybridized carbons (Fsp3) is 0.400. The van der Waals surface area contributed by atoms with Crippen LogP contribution in [-0.4, -0.2) is 61.3 Å². The molecule has 1 aliphatic heterocycles. The van der Waals surface area contributed by atoms with Crippen molar-refractivity contribution in [2.75, 3.05) is 27.8 Å². The normalized spacial score (nSPS) is 16.8. The summed E-state index contributed by atoms with van der Waals surface area (Å²) in [6, 6.07) is 16.8. The summed E-state index contributed by atoms with van der Waals surface area (Å²) in [6.45, 7) is 2.19. The molecule has 3 aromatic rings. The second-order valence-electron chi connectivity index (χ2n) is 8.62. The van der Waals surface area contributed by atoms with E-state index in [1.54, 1.807) is 31.2 Å². The predicted molar refractivity (Wildman–Crippen MR) is 130 cm³/mol. The third-order valence-electron chi connectivity index (χ3n) is 6.33. The Bertz CT molecular complexity index is 1130. The Morgan fingerprint density at radius 1 is 0.941 bits per heavy atom. The minimum atomic E-state index is -3.83. The summed E-state index contributed by atoms with van der Waals surface area (Å²) in [5.74, 6) is 1.45. The summed E-state index contributed by atoms with van der Waals surface area (Å²) in [4.78, 5) is 2.30. The van der Waals surface area contributed by atoms with Crippen molar-refractivity contribution in [3.05, 3.63) is 71.9 Å². The smallest absolute Gasteiger partial charge is 0.262 e. The Labute approximate surface area is 201 Å². The number of likely N-dealkylation sites (N-methyl/N-ethyl adjacent to an activating group) is 1. The third kappa shape index (κ3) is 5.60. The fourth-order valence-corrected chi connectivity index (χ4v) is 5.58. The maximum Gasteiger partial charge on any atom is 0.262 e. The minimum Gasteiger partial charge on any atom is -0.497 e. The van der Waals surface area contributed by atoms with E-state index >= 15 is 0 Å². The second kappa shape index (κ2) is 10.6. The molecule has 0 amide bonds. The molecular weight excluding hydrogens is 452 g/mol. The Balaban J connectivity index is 1.59. The maximum atomic E-state index is 13.7. The van der Waals surface area contributed by atoms with Crippen molar-refractivity contribution >= 4 is 10.0 Å². The van der Waals surface area contributed by atoms with Gasteiger partial charge in [0.05, 0.1) is 20.8 Å². The van der Waals surface area contributed by atoms with E-state index in [2.05, 4.69) is 17.0 Å². The van der Waals surface area contributed by atoms with Crippen LogP contribution in [0.15, 0.2) is 65.8 Å². The van der Waals surface area contributed by atoms with Crippen molar-refractivity contribution in [2.45, 2.75) is 43.5 Å². The molecule has 1 fully saturated rings. The van der Waals surface area contributed by atoms with Crippen molar-refractivity contribution < 1.29 is 17.9 Å². The standard InChI is InChI=1S/C25H32N4O4S/c1-27-15-4-5-22(27)19-28-16-14-25(26-28)34(30,31)29(17-20-6-10-23(32-2)11-7-20)18-21-8-12-24(33-3)13-9-21/h6-14,16,22H,4-5,15,17-19H2,1-3H3/t22-/m1/s1. The molecule has 2 heterocycles. The summed E-state index contributed by atoms with van der Waals surface area (Å²) >= 11 is 0. The Morgan fingerprint density at radius 2 is 1.50 bits per heavy atom. The highest BCUT2D eigenvalue weighted by Gasteiger charge is 2.28. The number of benzene rings is 2. The number of hydrogen-bond acceptors (Lipinski definition) is 6. The van der Waals surface area contributed by atoms with Crippen LogP contribution in [0.25, 0.3) is 0 Å². The highest BCUT2D eigenvalue weighted by molar-refractivity contribution is 7.89. The van der Waals surface area contributed by atoms with Crippen molar-refractivity contribution in [2.24, 2.45) is 0 Å². The van der Waals surface area contributed by atoms with Gasteiger partial charge in [0.15, 0.2) is 5.03 Å². The van der Waals surface area contributed by atoms with Crippen LogP contribution >= 0.6 is 0 Å². The average Bonchev–Trinajstić information content (AvgIpc) is 3.49. The van der Waals surface area contributed by atoms with Gasteiger partial charge >= 0.3 is 0 Å². The molecule has 1 atom stereocenters. The van der Waals surface area contributed by atoms with E-state index < -0.39 is 10.0 Å². The second-order valence-corrected chi connectivity index (χ2v) is 10.5. The summed E-state index contributed by atoms with van der Waals surface area (Å²) < 4.78 is 41.1. The molecule has 182 valence electrons. The van der Waals surface area contributed by atoms with Crippen LogP contribution in [-0.2, 0) is 29.7 Å². The molecule has 8 nitrogen and oxygen atoms in total. The van der Waals surface area contributed by atoms with Gasteiger partial charge in [-0.3, -0.25) is 4.68 Å². The molecule has 2 aromatic carbocycles. The molecule has 0 saturated carbocycles. The van der Waals surface area contributed by atoms with Gasteiger partial charge in [0, 0.05) is 25.3 Å². The molecule has 1 aliphatic rings. The number of hydrogen-bond donors (Lipinski definition) is 0. The van der Waals surface area contributed by atoms with Gasteiger partial charge in [0.1, 0.15) is 11.5 Å². The summed E-state index contributed by atoms with van der Waals surface area (Å²) in [6.07, 6.45) is 4.02. The largest absolute Gasteiger partial charge is 0.497 e. The first-order valence-electron chi connectivity index (χ1n) is 11.4. The van der Waals surface area contributed by atoms with Crippen molar-refractivity contribution in [3.8, 4) is 11.5 Å². The van der Waals surface area contributed by atoms with Gasteiger partial charge in [-0.15, -0.1) is 0 Å². The SMILES string of the molecule is COc1ccc(CN(Cc2ccc(OC)cc2)S(=O)(=O)c2ccn(C[C@H]3CCCN3C)n2)cc1. The molecule has 0 radical (unpaired) electrons. The van der Waals surface area contributed by atoms with Crippen molar-refractivity contribution in [3.63, 3.8) is 0 Å². The van der Waals surface area contributed by atoms with E-state index in [0.29, 0.717) is 12.6 Å². The number of ether oxygens (including phenoxy) is 2. The summed E-state index contributed by atoms with van der Waals surface area (Å²) in [7, 11) is 1.48. The lowest BCUT2D eigenvalue weighted by molar-refractivity contribution is 0.273. The van der Waals surface area contributed by atoms with Gasteiger partial charge < -0.3 is 14.4 Å². The van der Waals surface area contributed by atoms with Gasteiger partial charge in [0.2, 0.25) is 0 Å². The van der Waals surface area contributed by atoms with E-state index in [9.17, 15) is 8.42 Å². The van der Waals surface area contributed by atoms with Crippen molar-refractivity contribution in [1.82, 2.24) is 19.0 Å². The van der Waals surface area contributed by atoms with E-state index in [-0.39, 0.29) is 18.1 Å². The average molecular weight is 485 g/mol. The van der Waals surface area contributed by atoms with E-state index in [1.807, 2.05) is 48.5 Å². The first-order valence-corrected chi connectivity index (χ1v) is 12.8. The molecule has 0 aliphatic carbocycles. The highest BCUT2D eigenvalue weighted by atomic mass is 32.2. The van der Waals surface area contributed by atoms with Gasteiger partial charge in [-0.1, -0.05) is 24.3 Å². The zero-order valence-corrected chi connectivity index (χ0v) is 20.7. The number of likely N-dealkylation sites (tertiary alicyclic amines) is 1. The molecule has 0 bridgehead atoms. The first-order chi connectivity index (χ1) is 16.4. The van der Waals surface area contributed by atoms with Crippen LogP contribution in [0, 0.1) is 0 Å². The molecule has 1 aromatic heterocycles. The molecular formula is C25H32N4O4S. The maximum absolute atomic E-state index is 13.7. The Hall–Kier alpha value is -2.88. The topological polar surface area (TPSA) is 76.9 Å². The molecule has 1 saturated heterocycles. The number of rotatable bonds is 10. The van der Waals surface area contributed by atoms with E-state index in [1.165, 1.54) is 4.31 Å². The molecule has 0 spiro atoms. The van der Waals surface area contributed by atoms with Gasteiger partial charge in [0.25, 0.3) is 10.0 Å². The Kier molecular flexibility index (Phi) is 7.55. The van der Waals surface area contributed by atoms with E-state index in [4.69, 9.17) is 9.47 Å². The van der Waals surface area contributed by atoms with Gasteiger partial charge in [-0.2, -0.15) is 9.40 Å². The van der Waals surface area contributed by atoms with Crippen LogP contribution in [0.1, 0.15) is 24.0 Å². The lowest BCUT2D eigenvalue weighted by Crippen LogP contribution is -2.31. The zero-order chi connectivity index (χ0) is 24.1. The monoisotopic (exact) mass is 484 g/mol. The zero-order valence-electron chi connectivity index (χ0n) is 19.9. The number of nitrogens with zero attached hydrogens (tertiary/aromatic N) is 4. The fourth-order valence-electron chi connectivity index (χ4n) is 4.24.